The van der Waals surface area contributed by atoms with Crippen molar-refractivity contribution in [1.29, 1.82) is 0 Å². The number of alkyl carbamates (subject to hydrolysis) is 1. The van der Waals surface area contributed by atoms with Crippen molar-refractivity contribution in [2.45, 2.75) is 65.2 Å². The van der Waals surface area contributed by atoms with Crippen molar-refractivity contribution in [2.75, 3.05) is 11.9 Å². The lowest BCUT2D eigenvalue weighted by molar-refractivity contribution is -0.120. The lowest BCUT2D eigenvalue weighted by Crippen LogP contribution is -2.49. The molecule has 0 aliphatic carbocycles. The number of rotatable bonds is 1. The van der Waals surface area contributed by atoms with E-state index in [-0.39, 0.29) is 12.3 Å². The molecule has 9 heteroatoms. The zero-order valence-electron chi connectivity index (χ0n) is 18.4. The minimum Gasteiger partial charge on any atom is -0.444 e. The van der Waals surface area contributed by atoms with Gasteiger partial charge in [0.1, 0.15) is 17.2 Å². The van der Waals surface area contributed by atoms with E-state index in [1.165, 1.54) is 15.7 Å². The number of pyridine rings is 1. The van der Waals surface area contributed by atoms with Crippen LogP contribution in [0.2, 0.25) is 0 Å². The van der Waals surface area contributed by atoms with Crippen LogP contribution < -0.4 is 10.2 Å². The first-order valence-corrected chi connectivity index (χ1v) is 9.76. The SMILES string of the molecule is CN1C(=O)[C@@H](NC(=O)OC(C)(C)C)Cc2cn(C(=O)OC(C)(C)C)c3nccc1c23. The second-order valence-corrected chi connectivity index (χ2v) is 9.33. The third-order valence-corrected chi connectivity index (χ3v) is 4.44. The van der Waals surface area contributed by atoms with Gasteiger partial charge in [-0.05, 0) is 53.2 Å². The van der Waals surface area contributed by atoms with Gasteiger partial charge in [0.05, 0.1) is 5.69 Å². The molecule has 0 saturated heterocycles. The quantitative estimate of drug-likeness (QED) is 0.766. The number of nitrogens with one attached hydrogen (secondary N) is 1. The van der Waals surface area contributed by atoms with Gasteiger partial charge in [-0.1, -0.05) is 0 Å². The van der Waals surface area contributed by atoms with Crippen LogP contribution in [0.1, 0.15) is 47.1 Å². The van der Waals surface area contributed by atoms with Gasteiger partial charge >= 0.3 is 12.2 Å². The Bertz CT molecular complexity index is 1010. The topological polar surface area (TPSA) is 103 Å². The number of hydrogen-bond donors (Lipinski definition) is 1. The van der Waals surface area contributed by atoms with Crippen molar-refractivity contribution in [3.05, 3.63) is 24.0 Å². The highest BCUT2D eigenvalue weighted by molar-refractivity contribution is 6.09. The highest BCUT2D eigenvalue weighted by Crippen LogP contribution is 2.34. The molecular formula is C21H28N4O5. The second-order valence-electron chi connectivity index (χ2n) is 9.33. The summed E-state index contributed by atoms with van der Waals surface area (Å²) in [5.74, 6) is -0.284. The molecule has 1 aliphatic heterocycles. The zero-order valence-corrected chi connectivity index (χ0v) is 18.4. The number of likely N-dealkylation sites (N-methyl/N-ethyl adjacent to an activating group) is 1. The third-order valence-electron chi connectivity index (χ3n) is 4.44. The Morgan fingerprint density at radius 1 is 1.13 bits per heavy atom. The van der Waals surface area contributed by atoms with Crippen molar-refractivity contribution in [3.63, 3.8) is 0 Å². The largest absolute Gasteiger partial charge is 0.444 e. The predicted molar refractivity (Wildman–Crippen MR) is 112 cm³/mol. The van der Waals surface area contributed by atoms with Crippen LogP contribution in [0.25, 0.3) is 11.0 Å². The van der Waals surface area contributed by atoms with Crippen molar-refractivity contribution in [3.8, 4) is 0 Å². The van der Waals surface area contributed by atoms with Crippen LogP contribution in [0.15, 0.2) is 18.5 Å². The van der Waals surface area contributed by atoms with Crippen LogP contribution in [0, 0.1) is 0 Å². The average Bonchev–Trinajstić information content (AvgIpc) is 2.91. The molecule has 162 valence electrons. The number of aromatic nitrogens is 2. The summed E-state index contributed by atoms with van der Waals surface area (Å²) in [7, 11) is 1.63. The van der Waals surface area contributed by atoms with E-state index in [0.717, 1.165) is 0 Å². The van der Waals surface area contributed by atoms with Crippen molar-refractivity contribution < 1.29 is 23.9 Å². The first kappa shape index (κ1) is 21.6. The summed E-state index contributed by atoms with van der Waals surface area (Å²) >= 11 is 0. The highest BCUT2D eigenvalue weighted by Gasteiger charge is 2.34. The van der Waals surface area contributed by atoms with E-state index in [0.29, 0.717) is 22.3 Å². The lowest BCUT2D eigenvalue weighted by atomic mass is 10.1. The second kappa shape index (κ2) is 7.30. The molecule has 0 aromatic carbocycles. The molecular weight excluding hydrogens is 388 g/mol. The normalized spacial score (nSPS) is 17.0. The number of carbonyl (C=O) groups is 3. The van der Waals surface area contributed by atoms with Gasteiger partial charge in [0, 0.05) is 31.2 Å². The average molecular weight is 416 g/mol. The number of amides is 2. The number of hydrogen-bond acceptors (Lipinski definition) is 6. The molecule has 0 unspecified atom stereocenters. The molecule has 30 heavy (non-hydrogen) atoms. The molecule has 1 N–H and O–H groups in total. The van der Waals surface area contributed by atoms with Crippen LogP contribution in [0.4, 0.5) is 15.3 Å². The maximum Gasteiger partial charge on any atom is 0.420 e. The number of carbonyl (C=O) groups excluding carboxylic acids is 3. The number of nitrogens with zero attached hydrogens (tertiary/aromatic N) is 3. The van der Waals surface area contributed by atoms with Gasteiger partial charge in [-0.3, -0.25) is 4.79 Å². The maximum atomic E-state index is 13.0. The Balaban J connectivity index is 2.01. The summed E-state index contributed by atoms with van der Waals surface area (Å²) in [5.41, 5.74) is 0.350. The summed E-state index contributed by atoms with van der Waals surface area (Å²) in [6.45, 7) is 10.6. The monoisotopic (exact) mass is 416 g/mol. The summed E-state index contributed by atoms with van der Waals surface area (Å²) in [6.07, 6.45) is 2.10. The van der Waals surface area contributed by atoms with Crippen LogP contribution in [-0.2, 0) is 20.7 Å². The van der Waals surface area contributed by atoms with Crippen molar-refractivity contribution in [1.82, 2.24) is 14.9 Å². The fourth-order valence-electron chi connectivity index (χ4n) is 3.32. The van der Waals surface area contributed by atoms with E-state index in [2.05, 4.69) is 10.3 Å². The van der Waals surface area contributed by atoms with Gasteiger partial charge in [0.2, 0.25) is 5.91 Å². The lowest BCUT2D eigenvalue weighted by Gasteiger charge is -2.25. The van der Waals surface area contributed by atoms with E-state index in [4.69, 9.17) is 9.47 Å². The van der Waals surface area contributed by atoms with Gasteiger partial charge in [-0.15, -0.1) is 0 Å². The molecule has 0 saturated carbocycles. The Kier molecular flexibility index (Phi) is 5.26. The van der Waals surface area contributed by atoms with E-state index in [9.17, 15) is 14.4 Å². The number of ether oxygens (including phenoxy) is 2. The Morgan fingerprint density at radius 3 is 2.37 bits per heavy atom. The van der Waals surface area contributed by atoms with E-state index in [1.54, 1.807) is 60.9 Å². The molecule has 2 amide bonds. The van der Waals surface area contributed by atoms with Crippen LogP contribution in [0.3, 0.4) is 0 Å². The fraction of sp³-hybridized carbons (Fsp3) is 0.524. The predicted octanol–water partition coefficient (Wildman–Crippen LogP) is 3.23. The minimum atomic E-state index is -0.852. The molecule has 3 heterocycles. The van der Waals surface area contributed by atoms with Crippen molar-refractivity contribution >= 4 is 34.8 Å². The van der Waals surface area contributed by atoms with Gasteiger partial charge in [0.15, 0.2) is 5.65 Å². The van der Waals surface area contributed by atoms with Gasteiger partial charge in [-0.25, -0.2) is 19.1 Å². The van der Waals surface area contributed by atoms with Crippen LogP contribution in [0.5, 0.6) is 0 Å². The van der Waals surface area contributed by atoms with Gasteiger partial charge in [-0.2, -0.15) is 0 Å². The molecule has 9 nitrogen and oxygen atoms in total. The molecule has 0 fully saturated rings. The highest BCUT2D eigenvalue weighted by atomic mass is 16.6. The van der Waals surface area contributed by atoms with Crippen LogP contribution >= 0.6 is 0 Å². The molecule has 2 aromatic heterocycles. The van der Waals surface area contributed by atoms with Gasteiger partial charge in [0.25, 0.3) is 0 Å². The molecule has 0 radical (unpaired) electrons. The van der Waals surface area contributed by atoms with Crippen LogP contribution in [-0.4, -0.2) is 51.9 Å². The minimum absolute atomic E-state index is 0.188. The third kappa shape index (κ3) is 4.39. The Labute approximate surface area is 175 Å². The summed E-state index contributed by atoms with van der Waals surface area (Å²) in [6, 6.07) is 0.855. The smallest absolute Gasteiger partial charge is 0.420 e. The summed E-state index contributed by atoms with van der Waals surface area (Å²) in [5, 5.41) is 3.33. The molecule has 3 rings (SSSR count). The summed E-state index contributed by atoms with van der Waals surface area (Å²) in [4.78, 5) is 43.8. The van der Waals surface area contributed by atoms with Gasteiger partial charge < -0.3 is 19.7 Å². The first-order valence-electron chi connectivity index (χ1n) is 9.76. The fourth-order valence-corrected chi connectivity index (χ4v) is 3.32. The molecule has 1 aliphatic rings. The molecule has 0 bridgehead atoms. The Morgan fingerprint density at radius 2 is 1.77 bits per heavy atom. The van der Waals surface area contributed by atoms with Crippen molar-refractivity contribution in [2.24, 2.45) is 0 Å². The Hall–Kier alpha value is -3.10. The van der Waals surface area contributed by atoms with E-state index >= 15 is 0 Å². The maximum absolute atomic E-state index is 13.0. The molecule has 2 aromatic rings. The standard InChI is InChI=1S/C21H28N4O5/c1-20(2,3)29-18(27)23-13-10-12-11-25(19(28)30-21(4,5)6)16-15(12)14(8-9-22-16)24(7)17(13)26/h8-9,11,13H,10H2,1-7H3,(H,23,27)/t13-/m0/s1. The zero-order chi connectivity index (χ0) is 22.4. The summed E-state index contributed by atoms with van der Waals surface area (Å²) < 4.78 is 12.1. The molecule has 0 spiro atoms. The van der Waals surface area contributed by atoms with E-state index in [1.807, 2.05) is 0 Å². The number of anilines is 1. The van der Waals surface area contributed by atoms with E-state index < -0.39 is 29.4 Å². The molecule has 1 atom stereocenters. The first-order chi connectivity index (χ1) is 13.8.